The fourth-order valence-electron chi connectivity index (χ4n) is 2.87. The molecule has 2 N–H and O–H groups in total. The first-order valence-corrected chi connectivity index (χ1v) is 9.99. The summed E-state index contributed by atoms with van der Waals surface area (Å²) < 4.78 is 13.3. The lowest BCUT2D eigenvalue weighted by Gasteiger charge is -2.17. The predicted molar refractivity (Wildman–Crippen MR) is 119 cm³/mol. The molecule has 3 rings (SSSR count). The predicted octanol–water partition coefficient (Wildman–Crippen LogP) is 2.93. The van der Waals surface area contributed by atoms with Gasteiger partial charge in [0.15, 0.2) is 5.82 Å². The number of aryl methyl sites for hydroxylation is 1. The molecule has 0 radical (unpaired) electrons. The molecule has 3 aromatic rings. The van der Waals surface area contributed by atoms with Gasteiger partial charge in [0.1, 0.15) is 23.4 Å². The Kier molecular flexibility index (Phi) is 7.11. The first-order chi connectivity index (χ1) is 15.3. The summed E-state index contributed by atoms with van der Waals surface area (Å²) in [6.07, 6.45) is 1.23. The van der Waals surface area contributed by atoms with Crippen LogP contribution in [0, 0.1) is 0 Å². The maximum atomic E-state index is 12.8. The zero-order chi connectivity index (χ0) is 23.3. The molecule has 32 heavy (non-hydrogen) atoms. The van der Waals surface area contributed by atoms with Gasteiger partial charge in [0.25, 0.3) is 11.8 Å². The number of nitrogens with zero attached hydrogens (tertiary/aromatic N) is 3. The van der Waals surface area contributed by atoms with Crippen LogP contribution in [0.25, 0.3) is 0 Å². The number of amides is 2. The molecule has 168 valence electrons. The SMILES string of the molecule is C[C@@H](CO)Oc1cc(Oc2ccccc2C(=O)N(C)C)cc(C(=O)Nc2ccn(C)n2)c1. The van der Waals surface area contributed by atoms with E-state index in [-0.39, 0.29) is 18.1 Å². The number of hydrogen-bond acceptors (Lipinski definition) is 6. The van der Waals surface area contributed by atoms with Crippen molar-refractivity contribution in [3.63, 3.8) is 0 Å². The van der Waals surface area contributed by atoms with Crippen molar-refractivity contribution in [3.8, 4) is 17.2 Å². The number of para-hydroxylation sites is 1. The van der Waals surface area contributed by atoms with Gasteiger partial charge >= 0.3 is 0 Å². The average Bonchev–Trinajstić information content (AvgIpc) is 3.17. The van der Waals surface area contributed by atoms with E-state index in [0.717, 1.165) is 0 Å². The van der Waals surface area contributed by atoms with E-state index in [1.807, 2.05) is 0 Å². The molecular weight excluding hydrogens is 412 g/mol. The van der Waals surface area contributed by atoms with Gasteiger partial charge in [-0.3, -0.25) is 14.3 Å². The third-order valence-corrected chi connectivity index (χ3v) is 4.44. The highest BCUT2D eigenvalue weighted by Crippen LogP contribution is 2.31. The molecule has 9 heteroatoms. The molecule has 0 saturated carbocycles. The summed E-state index contributed by atoms with van der Waals surface area (Å²) in [5, 5.41) is 16.2. The van der Waals surface area contributed by atoms with Crippen LogP contribution in [0.1, 0.15) is 27.6 Å². The fraction of sp³-hybridized carbons (Fsp3) is 0.261. The summed E-state index contributed by atoms with van der Waals surface area (Å²) in [4.78, 5) is 26.8. The lowest BCUT2D eigenvalue weighted by molar-refractivity contribution is 0.0824. The minimum atomic E-state index is -0.487. The van der Waals surface area contributed by atoms with E-state index in [1.165, 1.54) is 4.90 Å². The lowest BCUT2D eigenvalue weighted by atomic mass is 10.1. The largest absolute Gasteiger partial charge is 0.488 e. The monoisotopic (exact) mass is 438 g/mol. The van der Waals surface area contributed by atoms with Crippen LogP contribution in [-0.2, 0) is 7.05 Å². The molecule has 2 amide bonds. The molecule has 0 aliphatic rings. The van der Waals surface area contributed by atoms with Crippen molar-refractivity contribution in [2.24, 2.45) is 7.05 Å². The van der Waals surface area contributed by atoms with Crippen LogP contribution < -0.4 is 14.8 Å². The molecule has 0 aliphatic heterocycles. The number of ether oxygens (including phenoxy) is 2. The van der Waals surface area contributed by atoms with Crippen molar-refractivity contribution < 1.29 is 24.2 Å². The second-order valence-electron chi connectivity index (χ2n) is 7.43. The van der Waals surface area contributed by atoms with Crippen molar-refractivity contribution in [2.45, 2.75) is 13.0 Å². The lowest BCUT2D eigenvalue weighted by Crippen LogP contribution is -2.22. The smallest absolute Gasteiger partial charge is 0.257 e. The van der Waals surface area contributed by atoms with Crippen LogP contribution in [0.5, 0.6) is 17.2 Å². The number of carbonyl (C=O) groups is 2. The van der Waals surface area contributed by atoms with Crippen molar-refractivity contribution in [1.29, 1.82) is 0 Å². The number of benzene rings is 2. The highest BCUT2D eigenvalue weighted by Gasteiger charge is 2.17. The fourth-order valence-corrected chi connectivity index (χ4v) is 2.87. The normalized spacial score (nSPS) is 11.5. The Labute approximate surface area is 186 Å². The Balaban J connectivity index is 1.95. The van der Waals surface area contributed by atoms with E-state index in [4.69, 9.17) is 9.47 Å². The second kappa shape index (κ2) is 9.97. The molecule has 9 nitrogen and oxygen atoms in total. The van der Waals surface area contributed by atoms with E-state index in [2.05, 4.69) is 10.4 Å². The first-order valence-electron chi connectivity index (χ1n) is 9.99. The van der Waals surface area contributed by atoms with Crippen molar-refractivity contribution in [3.05, 3.63) is 65.9 Å². The van der Waals surface area contributed by atoms with Gasteiger partial charge in [-0.2, -0.15) is 5.10 Å². The van der Waals surface area contributed by atoms with Gasteiger partial charge in [0, 0.05) is 45.0 Å². The number of rotatable bonds is 8. The third-order valence-electron chi connectivity index (χ3n) is 4.44. The Bertz CT molecular complexity index is 1110. The van der Waals surface area contributed by atoms with Crippen molar-refractivity contribution in [1.82, 2.24) is 14.7 Å². The van der Waals surface area contributed by atoms with Crippen LogP contribution in [0.3, 0.4) is 0 Å². The minimum Gasteiger partial charge on any atom is -0.488 e. The molecule has 0 bridgehead atoms. The zero-order valence-corrected chi connectivity index (χ0v) is 18.4. The molecule has 1 heterocycles. The van der Waals surface area contributed by atoms with E-state index in [1.54, 1.807) is 87.5 Å². The number of aromatic nitrogens is 2. The Morgan fingerprint density at radius 2 is 1.88 bits per heavy atom. The number of aliphatic hydroxyl groups is 1. The van der Waals surface area contributed by atoms with Gasteiger partial charge in [-0.05, 0) is 31.2 Å². The van der Waals surface area contributed by atoms with Crippen LogP contribution in [0.15, 0.2) is 54.7 Å². The highest BCUT2D eigenvalue weighted by molar-refractivity contribution is 6.04. The Morgan fingerprint density at radius 1 is 1.16 bits per heavy atom. The molecule has 0 fully saturated rings. The summed E-state index contributed by atoms with van der Waals surface area (Å²) in [6, 6.07) is 13.2. The number of hydrogen-bond donors (Lipinski definition) is 2. The third kappa shape index (κ3) is 5.64. The molecule has 1 aromatic heterocycles. The number of nitrogens with one attached hydrogen (secondary N) is 1. The van der Waals surface area contributed by atoms with E-state index in [0.29, 0.717) is 28.6 Å². The van der Waals surface area contributed by atoms with Crippen LogP contribution >= 0.6 is 0 Å². The number of carbonyl (C=O) groups excluding carboxylic acids is 2. The summed E-state index contributed by atoms with van der Waals surface area (Å²) >= 11 is 0. The number of aliphatic hydroxyl groups excluding tert-OH is 1. The van der Waals surface area contributed by atoms with Crippen LogP contribution in [0.4, 0.5) is 5.82 Å². The summed E-state index contributed by atoms with van der Waals surface area (Å²) in [5.41, 5.74) is 0.650. The molecule has 0 unspecified atom stereocenters. The molecule has 2 aromatic carbocycles. The van der Waals surface area contributed by atoms with Crippen molar-refractivity contribution in [2.75, 3.05) is 26.0 Å². The zero-order valence-electron chi connectivity index (χ0n) is 18.4. The molecule has 0 aliphatic carbocycles. The quantitative estimate of drug-likeness (QED) is 0.560. The summed E-state index contributed by atoms with van der Waals surface area (Å²) in [5.74, 6) is 0.763. The molecular formula is C23H26N4O5. The average molecular weight is 438 g/mol. The molecule has 0 saturated heterocycles. The highest BCUT2D eigenvalue weighted by atomic mass is 16.5. The van der Waals surface area contributed by atoms with E-state index < -0.39 is 12.0 Å². The van der Waals surface area contributed by atoms with Gasteiger partial charge in [0.05, 0.1) is 12.2 Å². The summed E-state index contributed by atoms with van der Waals surface area (Å²) in [7, 11) is 5.06. The van der Waals surface area contributed by atoms with Crippen LogP contribution in [0.2, 0.25) is 0 Å². The van der Waals surface area contributed by atoms with E-state index in [9.17, 15) is 14.7 Å². The van der Waals surface area contributed by atoms with Gasteiger partial charge in [-0.15, -0.1) is 0 Å². The van der Waals surface area contributed by atoms with Gasteiger partial charge < -0.3 is 24.8 Å². The topological polar surface area (TPSA) is 106 Å². The Hall–Kier alpha value is -3.85. The van der Waals surface area contributed by atoms with E-state index >= 15 is 0 Å². The second-order valence-corrected chi connectivity index (χ2v) is 7.43. The van der Waals surface area contributed by atoms with Gasteiger partial charge in [-0.1, -0.05) is 12.1 Å². The summed E-state index contributed by atoms with van der Waals surface area (Å²) in [6.45, 7) is 1.51. The number of anilines is 1. The standard InChI is InChI=1S/C23H26N4O5/c1-15(14-28)31-17-11-16(22(29)24-21-9-10-27(4)25-21)12-18(13-17)32-20-8-6-5-7-19(20)23(30)26(2)3/h5-13,15,28H,14H2,1-4H3,(H,24,25,29)/t15-/m0/s1. The van der Waals surface area contributed by atoms with Crippen LogP contribution in [-0.4, -0.2) is 58.4 Å². The maximum absolute atomic E-state index is 12.8. The minimum absolute atomic E-state index is 0.194. The van der Waals surface area contributed by atoms with Gasteiger partial charge in [0.2, 0.25) is 0 Å². The van der Waals surface area contributed by atoms with Gasteiger partial charge in [-0.25, -0.2) is 0 Å². The first kappa shape index (κ1) is 22.8. The molecule has 0 spiro atoms. The van der Waals surface area contributed by atoms with Crippen molar-refractivity contribution >= 4 is 17.6 Å². The molecule has 1 atom stereocenters. The Morgan fingerprint density at radius 3 is 2.53 bits per heavy atom. The maximum Gasteiger partial charge on any atom is 0.257 e.